The Balaban J connectivity index is 3.01. The number of rotatable bonds is 4. The number of benzene rings is 1. The Labute approximate surface area is 92.5 Å². The minimum atomic E-state index is -1.92. The topological polar surface area (TPSA) is 85.2 Å². The molecule has 0 fully saturated rings. The molecule has 0 saturated carbocycles. The van der Waals surface area contributed by atoms with Crippen LogP contribution in [0.3, 0.4) is 0 Å². The molecule has 0 aliphatic heterocycles. The van der Waals surface area contributed by atoms with Crippen LogP contribution in [0.1, 0.15) is 10.4 Å². The van der Waals surface area contributed by atoms with E-state index >= 15 is 0 Å². The first-order chi connectivity index (χ1) is 7.58. The van der Waals surface area contributed by atoms with E-state index in [0.717, 1.165) is 0 Å². The molecule has 0 bridgehead atoms. The first kappa shape index (κ1) is 12.3. The summed E-state index contributed by atoms with van der Waals surface area (Å²) in [5, 5.41) is 17.2. The molecule has 1 aromatic rings. The van der Waals surface area contributed by atoms with E-state index in [1.54, 1.807) is 0 Å². The predicted molar refractivity (Wildman–Crippen MR) is 55.2 cm³/mol. The fourth-order valence-corrected chi connectivity index (χ4v) is 1.15. The summed E-state index contributed by atoms with van der Waals surface area (Å²) < 4.78 is 14.1. The monoisotopic (exact) mass is 226 g/mol. The van der Waals surface area contributed by atoms with Gasteiger partial charge in [0.25, 0.3) is 0 Å². The van der Waals surface area contributed by atoms with Gasteiger partial charge in [0.15, 0.2) is 0 Å². The van der Waals surface area contributed by atoms with Gasteiger partial charge in [-0.15, -0.1) is 0 Å². The van der Waals surface area contributed by atoms with Crippen LogP contribution in [-0.2, 0) is 4.74 Å². The molecule has 2 N–H and O–H groups in total. The summed E-state index contributed by atoms with van der Waals surface area (Å²) in [6.07, 6.45) is 0. The van der Waals surface area contributed by atoms with Crippen molar-refractivity contribution in [3.05, 3.63) is 23.8 Å². The number of ether oxygens (including phenoxy) is 2. The maximum Gasteiger partial charge on any atom is 0.707 e. The highest BCUT2D eigenvalue weighted by Gasteiger charge is 2.16. The number of methoxy groups -OCH3 is 2. The molecule has 0 atom stereocenters. The smallest absolute Gasteiger partial charge is 0.512 e. The van der Waals surface area contributed by atoms with Gasteiger partial charge in [-0.05, 0) is 12.1 Å². The van der Waals surface area contributed by atoms with Gasteiger partial charge in [-0.3, -0.25) is 0 Å². The molecule has 16 heavy (non-hydrogen) atoms. The Morgan fingerprint density at radius 3 is 2.50 bits per heavy atom. The average Bonchev–Trinajstić information content (AvgIpc) is 2.27. The molecular formula is C9H11BO6. The first-order valence-corrected chi connectivity index (χ1v) is 4.37. The van der Waals surface area contributed by atoms with Crippen LogP contribution < -0.4 is 9.39 Å². The Kier molecular flexibility index (Phi) is 4.15. The summed E-state index contributed by atoms with van der Waals surface area (Å²) in [6.45, 7) is 0. The van der Waals surface area contributed by atoms with Crippen molar-refractivity contribution < 1.29 is 29.0 Å². The van der Waals surface area contributed by atoms with Crippen molar-refractivity contribution in [2.24, 2.45) is 0 Å². The summed E-state index contributed by atoms with van der Waals surface area (Å²) in [6, 6.07) is 4.16. The molecule has 1 aromatic carbocycles. The van der Waals surface area contributed by atoms with E-state index in [4.69, 9.17) is 14.8 Å². The second-order valence-corrected chi connectivity index (χ2v) is 2.80. The average molecular weight is 226 g/mol. The van der Waals surface area contributed by atoms with Crippen LogP contribution >= 0.6 is 0 Å². The molecule has 0 spiro atoms. The number of carbonyl (C=O) groups excluding carboxylic acids is 1. The van der Waals surface area contributed by atoms with E-state index in [1.807, 2.05) is 0 Å². The highest BCUT2D eigenvalue weighted by Crippen LogP contribution is 2.25. The Hall–Kier alpha value is -1.73. The molecule has 0 unspecified atom stereocenters. The summed E-state index contributed by atoms with van der Waals surface area (Å²) in [4.78, 5) is 11.3. The molecule has 6 nitrogen and oxygen atoms in total. The first-order valence-electron chi connectivity index (χ1n) is 4.37. The van der Waals surface area contributed by atoms with E-state index in [1.165, 1.54) is 32.4 Å². The molecule has 0 heterocycles. The number of hydrogen-bond donors (Lipinski definition) is 2. The van der Waals surface area contributed by atoms with Crippen molar-refractivity contribution >= 4 is 13.3 Å². The van der Waals surface area contributed by atoms with Gasteiger partial charge in [-0.25, -0.2) is 4.79 Å². The van der Waals surface area contributed by atoms with Crippen molar-refractivity contribution in [2.45, 2.75) is 0 Å². The summed E-state index contributed by atoms with van der Waals surface area (Å²) in [5.74, 6) is -0.155. The van der Waals surface area contributed by atoms with Crippen molar-refractivity contribution in [1.82, 2.24) is 0 Å². The van der Waals surface area contributed by atoms with Gasteiger partial charge in [0.2, 0.25) is 0 Å². The molecule has 0 aliphatic carbocycles. The van der Waals surface area contributed by atoms with Crippen molar-refractivity contribution in [3.8, 4) is 11.5 Å². The molecular weight excluding hydrogens is 215 g/mol. The van der Waals surface area contributed by atoms with E-state index in [2.05, 4.69) is 9.39 Å². The third-order valence-corrected chi connectivity index (χ3v) is 1.82. The van der Waals surface area contributed by atoms with Gasteiger partial charge in [0.1, 0.15) is 17.1 Å². The maximum atomic E-state index is 11.3. The molecule has 1 rings (SSSR count). The quantitative estimate of drug-likeness (QED) is 0.547. The fraction of sp³-hybridized carbons (Fsp3) is 0.222. The summed E-state index contributed by atoms with van der Waals surface area (Å²) in [7, 11) is 0.707. The zero-order chi connectivity index (χ0) is 12.1. The summed E-state index contributed by atoms with van der Waals surface area (Å²) in [5.41, 5.74) is 0.227. The minimum Gasteiger partial charge on any atom is -0.512 e. The molecule has 0 radical (unpaired) electrons. The number of esters is 1. The Morgan fingerprint density at radius 1 is 1.31 bits per heavy atom. The van der Waals surface area contributed by atoms with Crippen LogP contribution in [0.25, 0.3) is 0 Å². The van der Waals surface area contributed by atoms with E-state index in [0.29, 0.717) is 0 Å². The van der Waals surface area contributed by atoms with Crippen LogP contribution in [0.4, 0.5) is 0 Å². The molecule has 0 amide bonds. The van der Waals surface area contributed by atoms with Crippen LogP contribution in [0.15, 0.2) is 18.2 Å². The van der Waals surface area contributed by atoms with Crippen LogP contribution in [0.5, 0.6) is 11.5 Å². The van der Waals surface area contributed by atoms with Crippen LogP contribution in [0.2, 0.25) is 0 Å². The molecule has 7 heteroatoms. The SMILES string of the molecule is COC(=O)c1ccc(OB(O)O)cc1OC. The van der Waals surface area contributed by atoms with Gasteiger partial charge < -0.3 is 24.2 Å². The zero-order valence-electron chi connectivity index (χ0n) is 8.84. The summed E-state index contributed by atoms with van der Waals surface area (Å²) >= 11 is 0. The Morgan fingerprint density at radius 2 is 2.00 bits per heavy atom. The second kappa shape index (κ2) is 5.38. The van der Waals surface area contributed by atoms with E-state index in [9.17, 15) is 4.79 Å². The number of hydrogen-bond acceptors (Lipinski definition) is 6. The highest BCUT2D eigenvalue weighted by atomic mass is 16.6. The zero-order valence-corrected chi connectivity index (χ0v) is 8.84. The lowest BCUT2D eigenvalue weighted by Gasteiger charge is -2.10. The molecule has 0 aliphatic rings. The van der Waals surface area contributed by atoms with Gasteiger partial charge in [-0.2, -0.15) is 0 Å². The van der Waals surface area contributed by atoms with Crippen LogP contribution in [-0.4, -0.2) is 37.6 Å². The lowest BCUT2D eigenvalue weighted by atomic mass is 10.1. The highest BCUT2D eigenvalue weighted by molar-refractivity contribution is 6.33. The lowest BCUT2D eigenvalue weighted by Crippen LogP contribution is -2.20. The third-order valence-electron chi connectivity index (χ3n) is 1.82. The third kappa shape index (κ3) is 2.88. The Bertz CT molecular complexity index is 378. The van der Waals surface area contributed by atoms with Crippen molar-refractivity contribution in [1.29, 1.82) is 0 Å². The lowest BCUT2D eigenvalue weighted by molar-refractivity contribution is 0.0597. The van der Waals surface area contributed by atoms with Gasteiger partial charge in [-0.1, -0.05) is 0 Å². The number of carbonyl (C=O) groups is 1. The minimum absolute atomic E-state index is 0.166. The van der Waals surface area contributed by atoms with Gasteiger partial charge >= 0.3 is 13.3 Å². The van der Waals surface area contributed by atoms with Crippen molar-refractivity contribution in [2.75, 3.05) is 14.2 Å². The normalized spacial score (nSPS) is 9.50. The fourth-order valence-electron chi connectivity index (χ4n) is 1.15. The largest absolute Gasteiger partial charge is 0.707 e. The van der Waals surface area contributed by atoms with E-state index in [-0.39, 0.29) is 17.1 Å². The van der Waals surface area contributed by atoms with Gasteiger partial charge in [0.05, 0.1) is 14.2 Å². The maximum absolute atomic E-state index is 11.3. The molecule has 86 valence electrons. The molecule has 0 aromatic heterocycles. The van der Waals surface area contributed by atoms with Crippen molar-refractivity contribution in [3.63, 3.8) is 0 Å². The standard InChI is InChI=1S/C9H11BO6/c1-14-8-5-6(16-10(12)13)3-4-7(8)9(11)15-2/h3-5,12-13H,1-2H3. The molecule has 0 saturated heterocycles. The van der Waals surface area contributed by atoms with Crippen LogP contribution in [0, 0.1) is 0 Å². The van der Waals surface area contributed by atoms with Gasteiger partial charge in [0, 0.05) is 6.07 Å². The second-order valence-electron chi connectivity index (χ2n) is 2.80. The van der Waals surface area contributed by atoms with E-state index < -0.39 is 13.3 Å². The predicted octanol–water partition coefficient (Wildman–Crippen LogP) is -0.170.